The minimum Gasteiger partial charge on any atom is -0.390 e. The van der Waals surface area contributed by atoms with Gasteiger partial charge in [0.1, 0.15) is 0 Å². The summed E-state index contributed by atoms with van der Waals surface area (Å²) in [5, 5.41) is 10.1. The lowest BCUT2D eigenvalue weighted by molar-refractivity contribution is -0.0483. The Morgan fingerprint density at radius 2 is 2.12 bits per heavy atom. The average Bonchev–Trinajstić information content (AvgIpc) is 3.09. The molecule has 94 valence electrons. The smallest absolute Gasteiger partial charge is 0.0861 e. The van der Waals surface area contributed by atoms with E-state index in [0.717, 1.165) is 19.3 Å². The molecule has 1 rings (SSSR count). The lowest BCUT2D eigenvalue weighted by Gasteiger charge is -2.22. The summed E-state index contributed by atoms with van der Waals surface area (Å²) >= 11 is 0. The SMILES string of the molecule is C=CCCCCCC(O)C(OCC)C1CC1. The van der Waals surface area contributed by atoms with Crippen LogP contribution in [0.2, 0.25) is 0 Å². The minimum atomic E-state index is -0.254. The maximum atomic E-state index is 10.1. The fraction of sp³-hybridized carbons (Fsp3) is 0.857. The lowest BCUT2D eigenvalue weighted by Crippen LogP contribution is -2.31. The molecule has 0 radical (unpaired) electrons. The predicted molar refractivity (Wildman–Crippen MR) is 67.4 cm³/mol. The molecule has 2 atom stereocenters. The van der Waals surface area contributed by atoms with E-state index in [0.29, 0.717) is 12.5 Å². The van der Waals surface area contributed by atoms with E-state index in [1.54, 1.807) is 0 Å². The largest absolute Gasteiger partial charge is 0.390 e. The molecule has 1 aliphatic carbocycles. The van der Waals surface area contributed by atoms with Gasteiger partial charge in [-0.25, -0.2) is 0 Å². The fourth-order valence-corrected chi connectivity index (χ4v) is 2.16. The van der Waals surface area contributed by atoms with E-state index in [1.807, 2.05) is 13.0 Å². The van der Waals surface area contributed by atoms with Crippen molar-refractivity contribution in [3.05, 3.63) is 12.7 Å². The number of aliphatic hydroxyl groups is 1. The second-order valence-corrected chi connectivity index (χ2v) is 4.75. The summed E-state index contributed by atoms with van der Waals surface area (Å²) in [4.78, 5) is 0. The van der Waals surface area contributed by atoms with E-state index in [1.165, 1.54) is 25.7 Å². The summed E-state index contributed by atoms with van der Waals surface area (Å²) < 4.78 is 5.64. The average molecular weight is 226 g/mol. The zero-order valence-corrected chi connectivity index (χ0v) is 10.5. The van der Waals surface area contributed by atoms with Gasteiger partial charge in [0.05, 0.1) is 12.2 Å². The molecule has 2 nitrogen and oxygen atoms in total. The van der Waals surface area contributed by atoms with E-state index < -0.39 is 0 Å². The van der Waals surface area contributed by atoms with Crippen LogP contribution < -0.4 is 0 Å². The van der Waals surface area contributed by atoms with Gasteiger partial charge in [0, 0.05) is 6.61 Å². The van der Waals surface area contributed by atoms with Gasteiger partial charge in [-0.3, -0.25) is 0 Å². The number of allylic oxidation sites excluding steroid dienone is 1. The van der Waals surface area contributed by atoms with Crippen LogP contribution in [0.5, 0.6) is 0 Å². The van der Waals surface area contributed by atoms with Crippen LogP contribution in [0.25, 0.3) is 0 Å². The van der Waals surface area contributed by atoms with Gasteiger partial charge in [-0.2, -0.15) is 0 Å². The maximum absolute atomic E-state index is 10.1. The Labute approximate surface area is 99.7 Å². The summed E-state index contributed by atoms with van der Waals surface area (Å²) in [6, 6.07) is 0. The van der Waals surface area contributed by atoms with Crippen LogP contribution in [-0.4, -0.2) is 23.9 Å². The van der Waals surface area contributed by atoms with Gasteiger partial charge in [-0.1, -0.05) is 18.9 Å². The summed E-state index contributed by atoms with van der Waals surface area (Å²) in [5.74, 6) is 0.628. The van der Waals surface area contributed by atoms with Crippen LogP contribution in [0.4, 0.5) is 0 Å². The van der Waals surface area contributed by atoms with Crippen molar-refractivity contribution in [2.45, 2.75) is 64.1 Å². The van der Waals surface area contributed by atoms with E-state index in [2.05, 4.69) is 6.58 Å². The Bertz CT molecular complexity index is 187. The standard InChI is InChI=1S/C14H26O2/c1-3-5-6-7-8-9-13(15)14(16-4-2)12-10-11-12/h3,12-15H,1,4-11H2,2H3. The number of unbranched alkanes of at least 4 members (excludes halogenated alkanes) is 3. The minimum absolute atomic E-state index is 0.101. The van der Waals surface area contributed by atoms with Crippen molar-refractivity contribution >= 4 is 0 Å². The Morgan fingerprint density at radius 1 is 1.38 bits per heavy atom. The van der Waals surface area contributed by atoms with Gasteiger partial charge in [-0.05, 0) is 44.9 Å². The molecule has 16 heavy (non-hydrogen) atoms. The molecule has 0 heterocycles. The molecule has 0 spiro atoms. The molecule has 2 heteroatoms. The van der Waals surface area contributed by atoms with Crippen molar-refractivity contribution < 1.29 is 9.84 Å². The Morgan fingerprint density at radius 3 is 2.69 bits per heavy atom. The molecule has 0 aliphatic heterocycles. The Balaban J connectivity index is 2.10. The van der Waals surface area contributed by atoms with Crippen molar-refractivity contribution in [3.8, 4) is 0 Å². The summed E-state index contributed by atoms with van der Waals surface area (Å²) in [7, 11) is 0. The van der Waals surface area contributed by atoms with Gasteiger partial charge in [0.25, 0.3) is 0 Å². The van der Waals surface area contributed by atoms with E-state index in [4.69, 9.17) is 4.74 Å². The van der Waals surface area contributed by atoms with Crippen LogP contribution in [0.1, 0.15) is 51.9 Å². The van der Waals surface area contributed by atoms with E-state index in [-0.39, 0.29) is 12.2 Å². The van der Waals surface area contributed by atoms with Crippen molar-refractivity contribution in [2.75, 3.05) is 6.61 Å². The topological polar surface area (TPSA) is 29.5 Å². The summed E-state index contributed by atoms with van der Waals surface area (Å²) in [5.41, 5.74) is 0. The highest BCUT2D eigenvalue weighted by atomic mass is 16.5. The molecule has 0 aromatic rings. The first-order valence-electron chi connectivity index (χ1n) is 6.70. The van der Waals surface area contributed by atoms with Crippen molar-refractivity contribution in [3.63, 3.8) is 0 Å². The third-order valence-electron chi connectivity index (χ3n) is 3.23. The zero-order valence-electron chi connectivity index (χ0n) is 10.5. The van der Waals surface area contributed by atoms with Crippen LogP contribution >= 0.6 is 0 Å². The molecule has 2 unspecified atom stereocenters. The van der Waals surface area contributed by atoms with E-state index >= 15 is 0 Å². The molecule has 1 N–H and O–H groups in total. The number of hydrogen-bond donors (Lipinski definition) is 1. The molecular weight excluding hydrogens is 200 g/mol. The fourth-order valence-electron chi connectivity index (χ4n) is 2.16. The van der Waals surface area contributed by atoms with Crippen molar-refractivity contribution in [2.24, 2.45) is 5.92 Å². The highest BCUT2D eigenvalue weighted by Crippen LogP contribution is 2.36. The molecule has 1 saturated carbocycles. The van der Waals surface area contributed by atoms with Crippen LogP contribution in [0, 0.1) is 5.92 Å². The second kappa shape index (κ2) is 7.86. The number of aliphatic hydroxyl groups excluding tert-OH is 1. The highest BCUT2D eigenvalue weighted by Gasteiger charge is 2.36. The molecule has 1 aliphatic rings. The highest BCUT2D eigenvalue weighted by molar-refractivity contribution is 4.86. The maximum Gasteiger partial charge on any atom is 0.0861 e. The number of rotatable bonds is 10. The summed E-state index contributed by atoms with van der Waals surface area (Å²) in [6.45, 7) is 6.43. The van der Waals surface area contributed by atoms with Gasteiger partial charge in [0.2, 0.25) is 0 Å². The van der Waals surface area contributed by atoms with Gasteiger partial charge >= 0.3 is 0 Å². The summed E-state index contributed by atoms with van der Waals surface area (Å²) in [6.07, 6.45) is 9.74. The molecule has 0 aromatic heterocycles. The monoisotopic (exact) mass is 226 g/mol. The number of ether oxygens (including phenoxy) is 1. The first kappa shape index (κ1) is 13.7. The molecule has 1 fully saturated rings. The normalized spacial score (nSPS) is 19.4. The third kappa shape index (κ3) is 5.13. The molecule has 0 aromatic carbocycles. The molecule has 0 bridgehead atoms. The molecular formula is C14H26O2. The quantitative estimate of drug-likeness (QED) is 0.457. The van der Waals surface area contributed by atoms with Gasteiger partial charge in [-0.15, -0.1) is 6.58 Å². The van der Waals surface area contributed by atoms with Crippen molar-refractivity contribution in [1.29, 1.82) is 0 Å². The van der Waals surface area contributed by atoms with Gasteiger partial charge < -0.3 is 9.84 Å². The third-order valence-corrected chi connectivity index (χ3v) is 3.23. The first-order valence-corrected chi connectivity index (χ1v) is 6.70. The second-order valence-electron chi connectivity index (χ2n) is 4.75. The van der Waals surface area contributed by atoms with Crippen LogP contribution in [0.15, 0.2) is 12.7 Å². The van der Waals surface area contributed by atoms with Crippen LogP contribution in [0.3, 0.4) is 0 Å². The zero-order chi connectivity index (χ0) is 11.8. The molecule has 0 amide bonds. The van der Waals surface area contributed by atoms with E-state index in [9.17, 15) is 5.11 Å². The van der Waals surface area contributed by atoms with Crippen molar-refractivity contribution in [1.82, 2.24) is 0 Å². The predicted octanol–water partition coefficient (Wildman–Crippen LogP) is 3.30. The Kier molecular flexibility index (Phi) is 6.74. The first-order chi connectivity index (χ1) is 7.79. The molecule has 0 saturated heterocycles. The Hall–Kier alpha value is -0.340. The lowest BCUT2D eigenvalue weighted by atomic mass is 10.0. The van der Waals surface area contributed by atoms with Gasteiger partial charge in [0.15, 0.2) is 0 Å². The van der Waals surface area contributed by atoms with Crippen LogP contribution in [-0.2, 0) is 4.74 Å². The number of hydrogen-bond acceptors (Lipinski definition) is 2.